The largest absolute Gasteiger partial charge is 0.359 e. The summed E-state index contributed by atoms with van der Waals surface area (Å²) in [6.07, 6.45) is 7.10. The smallest absolute Gasteiger partial charge is 0.244 e. The summed E-state index contributed by atoms with van der Waals surface area (Å²) in [5.74, 6) is 0.768. The first-order valence-corrected chi connectivity index (χ1v) is 10.4. The van der Waals surface area contributed by atoms with Gasteiger partial charge in [0, 0.05) is 50.9 Å². The number of pyridine rings is 1. The van der Waals surface area contributed by atoms with Gasteiger partial charge in [-0.15, -0.1) is 11.3 Å². The number of thiazole rings is 1. The molecular formula is C16H22N4O2S2. The van der Waals surface area contributed by atoms with Crippen LogP contribution in [0.1, 0.15) is 24.3 Å². The van der Waals surface area contributed by atoms with E-state index in [9.17, 15) is 8.42 Å². The molecule has 0 saturated carbocycles. The molecule has 1 fully saturated rings. The Hall–Kier alpha value is -1.51. The number of piperidine rings is 1. The van der Waals surface area contributed by atoms with Gasteiger partial charge in [0.15, 0.2) is 0 Å². The highest BCUT2D eigenvalue weighted by atomic mass is 32.2. The maximum absolute atomic E-state index is 12.6. The van der Waals surface area contributed by atoms with Crippen molar-refractivity contribution in [3.05, 3.63) is 34.9 Å². The lowest BCUT2D eigenvalue weighted by Crippen LogP contribution is -2.35. The molecule has 0 radical (unpaired) electrons. The molecule has 8 heteroatoms. The highest BCUT2D eigenvalue weighted by molar-refractivity contribution is 7.89. The summed E-state index contributed by atoms with van der Waals surface area (Å²) in [7, 11) is -1.46. The van der Waals surface area contributed by atoms with E-state index < -0.39 is 10.0 Å². The van der Waals surface area contributed by atoms with Crippen LogP contribution < -0.4 is 4.90 Å². The molecule has 0 aliphatic carbocycles. The van der Waals surface area contributed by atoms with Crippen molar-refractivity contribution < 1.29 is 8.42 Å². The van der Waals surface area contributed by atoms with E-state index in [2.05, 4.69) is 9.97 Å². The number of anilines is 1. The molecule has 0 N–H and O–H groups in total. The number of rotatable bonds is 6. The van der Waals surface area contributed by atoms with Crippen LogP contribution in [-0.4, -0.2) is 49.4 Å². The van der Waals surface area contributed by atoms with Gasteiger partial charge in [-0.3, -0.25) is 0 Å². The molecule has 130 valence electrons. The monoisotopic (exact) mass is 366 g/mol. The minimum absolute atomic E-state index is 0.279. The average Bonchev–Trinajstić information content (AvgIpc) is 3.14. The molecule has 24 heavy (non-hydrogen) atoms. The Labute approximate surface area is 147 Å². The summed E-state index contributed by atoms with van der Waals surface area (Å²) in [4.78, 5) is 10.9. The molecule has 0 unspecified atom stereocenters. The Bertz CT molecular complexity index is 739. The quantitative estimate of drug-likeness (QED) is 0.785. The highest BCUT2D eigenvalue weighted by Crippen LogP contribution is 2.21. The van der Waals surface area contributed by atoms with Gasteiger partial charge in [0.2, 0.25) is 10.0 Å². The van der Waals surface area contributed by atoms with Gasteiger partial charge in [-0.1, -0.05) is 6.42 Å². The number of hydrogen-bond acceptors (Lipinski definition) is 6. The third kappa shape index (κ3) is 3.93. The van der Waals surface area contributed by atoms with E-state index in [1.807, 2.05) is 17.3 Å². The molecular weight excluding hydrogens is 344 g/mol. The van der Waals surface area contributed by atoms with Gasteiger partial charge in [-0.25, -0.2) is 18.4 Å². The second-order valence-corrected chi connectivity index (χ2v) is 8.83. The number of hydrogen-bond donors (Lipinski definition) is 0. The van der Waals surface area contributed by atoms with Crippen molar-refractivity contribution in [2.75, 3.05) is 31.6 Å². The van der Waals surface area contributed by atoms with Crippen LogP contribution in [0, 0.1) is 0 Å². The van der Waals surface area contributed by atoms with Crippen LogP contribution in [0.4, 0.5) is 5.82 Å². The van der Waals surface area contributed by atoms with Crippen molar-refractivity contribution in [3.8, 4) is 0 Å². The Kier molecular flexibility index (Phi) is 5.47. The summed E-state index contributed by atoms with van der Waals surface area (Å²) < 4.78 is 26.8. The zero-order valence-corrected chi connectivity index (χ0v) is 15.4. The fourth-order valence-electron chi connectivity index (χ4n) is 2.76. The normalized spacial score (nSPS) is 16.2. The lowest BCUT2D eigenvalue weighted by atomic mass is 10.2. The van der Waals surface area contributed by atoms with Gasteiger partial charge in [0.25, 0.3) is 0 Å². The van der Waals surface area contributed by atoms with E-state index in [1.165, 1.54) is 6.20 Å². The van der Waals surface area contributed by atoms with Gasteiger partial charge in [0.05, 0.1) is 5.01 Å². The fourth-order valence-corrected chi connectivity index (χ4v) is 4.83. The minimum Gasteiger partial charge on any atom is -0.359 e. The SMILES string of the molecule is CN(CCc1nccs1)c1ccc(S(=O)(=O)N2CCCCC2)cn1. The van der Waals surface area contributed by atoms with Gasteiger partial charge < -0.3 is 4.90 Å². The Morgan fingerprint density at radius 1 is 1.21 bits per heavy atom. The number of nitrogens with zero attached hydrogens (tertiary/aromatic N) is 4. The minimum atomic E-state index is -3.41. The van der Waals surface area contributed by atoms with Crippen molar-refractivity contribution in [1.29, 1.82) is 0 Å². The molecule has 1 aliphatic heterocycles. The molecule has 0 spiro atoms. The lowest BCUT2D eigenvalue weighted by molar-refractivity contribution is 0.346. The van der Waals surface area contributed by atoms with Crippen LogP contribution in [0.5, 0.6) is 0 Å². The molecule has 0 amide bonds. The standard InChI is InChI=1S/C16H22N4O2S2/c1-19(11-7-16-17-8-12-23-16)15-6-5-14(13-18-15)24(21,22)20-9-3-2-4-10-20/h5-6,8,12-13H,2-4,7,9-11H2,1H3. The summed E-state index contributed by atoms with van der Waals surface area (Å²) in [5, 5.41) is 3.06. The predicted molar refractivity (Wildman–Crippen MR) is 95.9 cm³/mol. The summed E-state index contributed by atoms with van der Waals surface area (Å²) in [5.41, 5.74) is 0. The van der Waals surface area contributed by atoms with E-state index in [-0.39, 0.29) is 4.90 Å². The van der Waals surface area contributed by atoms with Crippen LogP contribution in [0.25, 0.3) is 0 Å². The van der Waals surface area contributed by atoms with Crippen molar-refractivity contribution in [2.24, 2.45) is 0 Å². The second-order valence-electron chi connectivity index (χ2n) is 5.91. The Morgan fingerprint density at radius 2 is 2.00 bits per heavy atom. The van der Waals surface area contributed by atoms with E-state index in [0.717, 1.165) is 43.1 Å². The molecule has 1 saturated heterocycles. The topological polar surface area (TPSA) is 66.4 Å². The average molecular weight is 367 g/mol. The van der Waals surface area contributed by atoms with Crippen LogP contribution in [-0.2, 0) is 16.4 Å². The maximum Gasteiger partial charge on any atom is 0.244 e. The molecule has 6 nitrogen and oxygen atoms in total. The molecule has 0 bridgehead atoms. The van der Waals surface area contributed by atoms with Gasteiger partial charge in [-0.2, -0.15) is 4.31 Å². The van der Waals surface area contributed by atoms with E-state index >= 15 is 0 Å². The number of likely N-dealkylation sites (N-methyl/N-ethyl adjacent to an activating group) is 1. The predicted octanol–water partition coefficient (Wildman–Crippen LogP) is 2.39. The molecule has 0 atom stereocenters. The first-order valence-electron chi connectivity index (χ1n) is 8.13. The first-order chi connectivity index (χ1) is 11.6. The van der Waals surface area contributed by atoms with Crippen molar-refractivity contribution in [1.82, 2.24) is 14.3 Å². The third-order valence-corrected chi connectivity index (χ3v) is 6.93. The molecule has 3 rings (SSSR count). The number of sulfonamides is 1. The Balaban J connectivity index is 1.65. The van der Waals surface area contributed by atoms with E-state index in [1.54, 1.807) is 34.0 Å². The van der Waals surface area contributed by atoms with Gasteiger partial charge in [0.1, 0.15) is 10.7 Å². The molecule has 2 aromatic rings. The lowest BCUT2D eigenvalue weighted by Gasteiger charge is -2.26. The molecule has 2 aromatic heterocycles. The van der Waals surface area contributed by atoms with Crippen molar-refractivity contribution >= 4 is 27.2 Å². The highest BCUT2D eigenvalue weighted by Gasteiger charge is 2.26. The van der Waals surface area contributed by atoms with E-state index in [0.29, 0.717) is 13.1 Å². The zero-order chi connectivity index (χ0) is 17.0. The van der Waals surface area contributed by atoms with Gasteiger partial charge >= 0.3 is 0 Å². The summed E-state index contributed by atoms with van der Waals surface area (Å²) in [6.45, 7) is 2.01. The van der Waals surface area contributed by atoms with Gasteiger partial charge in [-0.05, 0) is 25.0 Å². The number of aromatic nitrogens is 2. The van der Waals surface area contributed by atoms with Crippen molar-refractivity contribution in [3.63, 3.8) is 0 Å². The molecule has 3 heterocycles. The third-order valence-electron chi connectivity index (χ3n) is 4.21. The second kappa shape index (κ2) is 7.58. The molecule has 1 aliphatic rings. The maximum atomic E-state index is 12.6. The van der Waals surface area contributed by atoms with Crippen LogP contribution in [0.3, 0.4) is 0 Å². The van der Waals surface area contributed by atoms with Crippen LogP contribution in [0.2, 0.25) is 0 Å². The van der Waals surface area contributed by atoms with Crippen LogP contribution in [0.15, 0.2) is 34.8 Å². The summed E-state index contributed by atoms with van der Waals surface area (Å²) >= 11 is 1.64. The molecule has 0 aromatic carbocycles. The zero-order valence-electron chi connectivity index (χ0n) is 13.8. The first kappa shape index (κ1) is 17.3. The Morgan fingerprint density at radius 3 is 2.62 bits per heavy atom. The fraction of sp³-hybridized carbons (Fsp3) is 0.500. The summed E-state index contributed by atoms with van der Waals surface area (Å²) in [6, 6.07) is 3.44. The van der Waals surface area contributed by atoms with E-state index in [4.69, 9.17) is 0 Å². The van der Waals surface area contributed by atoms with Crippen molar-refractivity contribution in [2.45, 2.75) is 30.6 Å². The van der Waals surface area contributed by atoms with Crippen LogP contribution >= 0.6 is 11.3 Å².